The number of anilines is 1. The lowest BCUT2D eigenvalue weighted by Gasteiger charge is -2.26. The van der Waals surface area contributed by atoms with Crippen LogP contribution < -0.4 is 10.6 Å². The van der Waals surface area contributed by atoms with Gasteiger partial charge in [0.1, 0.15) is 5.01 Å². The van der Waals surface area contributed by atoms with E-state index >= 15 is 0 Å². The van der Waals surface area contributed by atoms with Crippen LogP contribution in [0.15, 0.2) is 11.4 Å². The maximum Gasteiger partial charge on any atom is 0.303 e. The van der Waals surface area contributed by atoms with Crippen molar-refractivity contribution in [1.29, 1.82) is 0 Å². The van der Waals surface area contributed by atoms with Gasteiger partial charge in [0.25, 0.3) is 5.91 Å². The number of thiophene rings is 1. The summed E-state index contributed by atoms with van der Waals surface area (Å²) in [6, 6.07) is 3.37. The molecule has 0 bridgehead atoms. The van der Waals surface area contributed by atoms with Gasteiger partial charge in [0.2, 0.25) is 5.13 Å². The van der Waals surface area contributed by atoms with E-state index in [1.54, 1.807) is 0 Å². The average molecular weight is 453 g/mol. The highest BCUT2D eigenvalue weighted by Gasteiger charge is 2.40. The largest absolute Gasteiger partial charge is 0.481 e. The van der Waals surface area contributed by atoms with Gasteiger partial charge in [-0.25, -0.2) is 0 Å². The van der Waals surface area contributed by atoms with E-state index in [1.807, 2.05) is 13.0 Å². The van der Waals surface area contributed by atoms with E-state index in [-0.39, 0.29) is 18.7 Å². The standard InChI is InChI=1S/C15H18N4OS2.C4H6O4/c1-8-18-19-15(22-8)17-14(20)13-5-9(7-21-13)11-6-12(11)16-10-3-2-4-10;5-3(6)1-2-4(7)8/h5,7,10-12,16H,2-4,6H2,1H3,(H,17,19,20);1-2H2,(H,5,6)(H,7,8)/t11-,12+;/m0./s1. The first kappa shape index (κ1) is 22.3. The number of aromatic nitrogens is 2. The molecule has 0 saturated heterocycles. The van der Waals surface area contributed by atoms with Gasteiger partial charge in [0, 0.05) is 18.0 Å². The van der Waals surface area contributed by atoms with Crippen molar-refractivity contribution < 1.29 is 24.6 Å². The minimum absolute atomic E-state index is 0.0865. The fourth-order valence-corrected chi connectivity index (χ4v) is 4.46. The number of carboxylic acids is 2. The number of amides is 1. The molecule has 2 aliphatic rings. The zero-order valence-corrected chi connectivity index (χ0v) is 18.1. The molecule has 2 aromatic heterocycles. The average Bonchev–Trinajstić information content (AvgIpc) is 3.04. The Kier molecular flexibility index (Phi) is 7.51. The summed E-state index contributed by atoms with van der Waals surface area (Å²) >= 11 is 2.90. The molecule has 2 saturated carbocycles. The van der Waals surface area contributed by atoms with Crippen molar-refractivity contribution in [3.63, 3.8) is 0 Å². The highest BCUT2D eigenvalue weighted by molar-refractivity contribution is 7.15. The molecule has 0 unspecified atom stereocenters. The number of rotatable bonds is 8. The van der Waals surface area contributed by atoms with Crippen LogP contribution >= 0.6 is 22.7 Å². The first-order chi connectivity index (χ1) is 14.3. The van der Waals surface area contributed by atoms with Gasteiger partial charge in [-0.2, -0.15) is 0 Å². The maximum absolute atomic E-state index is 12.2. The molecule has 2 atom stereocenters. The van der Waals surface area contributed by atoms with Gasteiger partial charge in [-0.15, -0.1) is 21.5 Å². The molecule has 30 heavy (non-hydrogen) atoms. The molecule has 0 radical (unpaired) electrons. The Hall–Kier alpha value is -2.37. The van der Waals surface area contributed by atoms with Crippen LogP contribution in [0.5, 0.6) is 0 Å². The Morgan fingerprint density at radius 1 is 1.17 bits per heavy atom. The molecule has 4 rings (SSSR count). The number of aryl methyl sites for hydroxylation is 1. The number of carbonyl (C=O) groups is 3. The van der Waals surface area contributed by atoms with E-state index in [4.69, 9.17) is 10.2 Å². The van der Waals surface area contributed by atoms with E-state index in [0.29, 0.717) is 17.1 Å². The lowest BCUT2D eigenvalue weighted by Crippen LogP contribution is -2.37. The molecule has 2 fully saturated rings. The Morgan fingerprint density at radius 3 is 2.40 bits per heavy atom. The van der Waals surface area contributed by atoms with E-state index in [0.717, 1.165) is 15.9 Å². The second-order valence-corrected chi connectivity index (χ2v) is 9.45. The zero-order valence-electron chi connectivity index (χ0n) is 16.5. The van der Waals surface area contributed by atoms with Crippen molar-refractivity contribution in [2.75, 3.05) is 5.32 Å². The van der Waals surface area contributed by atoms with Crippen LogP contribution in [-0.4, -0.2) is 50.3 Å². The number of carbonyl (C=O) groups excluding carboxylic acids is 1. The van der Waals surface area contributed by atoms with E-state index in [2.05, 4.69) is 26.2 Å². The van der Waals surface area contributed by atoms with Crippen LogP contribution in [0.4, 0.5) is 5.13 Å². The minimum atomic E-state index is -1.08. The fourth-order valence-electron chi connectivity index (χ4n) is 3.01. The summed E-state index contributed by atoms with van der Waals surface area (Å²) in [5, 5.41) is 33.7. The Balaban J connectivity index is 0.000000275. The topological polar surface area (TPSA) is 142 Å². The van der Waals surface area contributed by atoms with Gasteiger partial charge >= 0.3 is 11.9 Å². The summed E-state index contributed by atoms with van der Waals surface area (Å²) in [6.07, 6.45) is 4.61. The Labute approximate surface area is 181 Å². The molecule has 9 nitrogen and oxygen atoms in total. The van der Waals surface area contributed by atoms with Gasteiger partial charge in [0.05, 0.1) is 17.7 Å². The molecule has 0 spiro atoms. The second-order valence-electron chi connectivity index (χ2n) is 7.36. The fraction of sp³-hybridized carbons (Fsp3) is 0.526. The molecular weight excluding hydrogens is 428 g/mol. The van der Waals surface area contributed by atoms with Crippen LogP contribution in [0.1, 0.15) is 64.7 Å². The summed E-state index contributed by atoms with van der Waals surface area (Å²) in [5.74, 6) is -1.65. The normalized spacial score (nSPS) is 19.9. The summed E-state index contributed by atoms with van der Waals surface area (Å²) in [4.78, 5) is 32.2. The molecule has 4 N–H and O–H groups in total. The van der Waals surface area contributed by atoms with Crippen molar-refractivity contribution in [3.8, 4) is 0 Å². The third-order valence-electron chi connectivity index (χ3n) is 4.92. The SMILES string of the molecule is Cc1nnc(NC(=O)c2cc([C@@H]3C[C@H]3NC3CCC3)cs2)s1.O=C(O)CCC(=O)O. The summed E-state index contributed by atoms with van der Waals surface area (Å²) in [6.45, 7) is 1.87. The van der Waals surface area contributed by atoms with Crippen LogP contribution in [0.2, 0.25) is 0 Å². The lowest BCUT2D eigenvalue weighted by atomic mass is 9.93. The number of hydrogen-bond acceptors (Lipinski definition) is 8. The molecule has 2 heterocycles. The Morgan fingerprint density at radius 2 is 1.87 bits per heavy atom. The number of carboxylic acid groups (broad SMARTS) is 2. The number of nitrogens with one attached hydrogen (secondary N) is 2. The molecule has 2 aliphatic carbocycles. The predicted octanol–water partition coefficient (Wildman–Crippen LogP) is 3.09. The van der Waals surface area contributed by atoms with E-state index in [1.165, 1.54) is 53.9 Å². The molecular formula is C19H24N4O5S2. The van der Waals surface area contributed by atoms with E-state index < -0.39 is 11.9 Å². The summed E-state index contributed by atoms with van der Waals surface area (Å²) in [7, 11) is 0. The van der Waals surface area contributed by atoms with Gasteiger partial charge in [-0.1, -0.05) is 17.8 Å². The molecule has 0 aromatic carbocycles. The number of aliphatic carboxylic acids is 2. The maximum atomic E-state index is 12.2. The van der Waals surface area contributed by atoms with Crippen molar-refractivity contribution in [2.24, 2.45) is 0 Å². The van der Waals surface area contributed by atoms with Crippen LogP contribution in [-0.2, 0) is 9.59 Å². The lowest BCUT2D eigenvalue weighted by molar-refractivity contribution is -0.143. The molecule has 11 heteroatoms. The highest BCUT2D eigenvalue weighted by atomic mass is 32.1. The highest BCUT2D eigenvalue weighted by Crippen LogP contribution is 2.43. The molecule has 1 amide bonds. The molecule has 162 valence electrons. The summed E-state index contributed by atoms with van der Waals surface area (Å²) < 4.78 is 0. The Bertz CT molecular complexity index is 894. The third kappa shape index (κ3) is 6.57. The van der Waals surface area contributed by atoms with Crippen molar-refractivity contribution in [2.45, 2.75) is 63.5 Å². The van der Waals surface area contributed by atoms with Crippen LogP contribution in [0, 0.1) is 6.92 Å². The van der Waals surface area contributed by atoms with Crippen molar-refractivity contribution in [3.05, 3.63) is 26.9 Å². The van der Waals surface area contributed by atoms with Crippen LogP contribution in [0.25, 0.3) is 0 Å². The van der Waals surface area contributed by atoms with Gasteiger partial charge in [0.15, 0.2) is 0 Å². The first-order valence-corrected chi connectivity index (χ1v) is 11.4. The first-order valence-electron chi connectivity index (χ1n) is 9.71. The van der Waals surface area contributed by atoms with Crippen molar-refractivity contribution in [1.82, 2.24) is 15.5 Å². The zero-order chi connectivity index (χ0) is 21.7. The monoisotopic (exact) mass is 452 g/mol. The quantitative estimate of drug-likeness (QED) is 0.479. The second kappa shape index (κ2) is 10.1. The predicted molar refractivity (Wildman–Crippen MR) is 113 cm³/mol. The van der Waals surface area contributed by atoms with Crippen molar-refractivity contribution >= 4 is 45.7 Å². The number of nitrogens with zero attached hydrogens (tertiary/aromatic N) is 2. The van der Waals surface area contributed by atoms with Crippen LogP contribution in [0.3, 0.4) is 0 Å². The van der Waals surface area contributed by atoms with E-state index in [9.17, 15) is 14.4 Å². The molecule has 2 aromatic rings. The number of hydrogen-bond donors (Lipinski definition) is 4. The smallest absolute Gasteiger partial charge is 0.303 e. The summed E-state index contributed by atoms with van der Waals surface area (Å²) in [5.41, 5.74) is 1.29. The molecule has 0 aliphatic heterocycles. The third-order valence-corrected chi connectivity index (χ3v) is 6.62. The van der Waals surface area contributed by atoms with Gasteiger partial charge in [-0.3, -0.25) is 19.7 Å². The van der Waals surface area contributed by atoms with Gasteiger partial charge in [-0.05, 0) is 43.2 Å². The minimum Gasteiger partial charge on any atom is -0.481 e. The van der Waals surface area contributed by atoms with Gasteiger partial charge < -0.3 is 15.5 Å².